The second kappa shape index (κ2) is 10.1. The van der Waals surface area contributed by atoms with Gasteiger partial charge in [-0.2, -0.15) is 0 Å². The molecule has 4 aromatic rings. The van der Waals surface area contributed by atoms with Crippen LogP contribution in [0.2, 0.25) is 10.0 Å². The van der Waals surface area contributed by atoms with Crippen molar-refractivity contribution in [3.63, 3.8) is 0 Å². The fourth-order valence-corrected chi connectivity index (χ4v) is 3.87. The van der Waals surface area contributed by atoms with Gasteiger partial charge in [-0.15, -0.1) is 0 Å². The van der Waals surface area contributed by atoms with Crippen LogP contribution in [-0.4, -0.2) is 22.1 Å². The minimum absolute atomic E-state index is 0.353. The second-order valence-electron chi connectivity index (χ2n) is 7.52. The first-order valence-corrected chi connectivity index (χ1v) is 10.9. The predicted octanol–water partition coefficient (Wildman–Crippen LogP) is 5.84. The number of aromatic nitrogens is 1. The largest absolute Gasteiger partial charge is 0.489 e. The van der Waals surface area contributed by atoms with Crippen molar-refractivity contribution in [2.75, 3.05) is 0 Å². The van der Waals surface area contributed by atoms with Gasteiger partial charge in [-0.1, -0.05) is 59.6 Å². The van der Waals surface area contributed by atoms with Crippen LogP contribution in [0.5, 0.6) is 5.75 Å². The molecular formula is C25H22Cl2N2O3. The van der Waals surface area contributed by atoms with Gasteiger partial charge in [0.1, 0.15) is 18.4 Å². The first-order chi connectivity index (χ1) is 15.5. The number of hydrogen-bond donors (Lipinski definition) is 3. The molecule has 32 heavy (non-hydrogen) atoms. The molecule has 0 saturated carbocycles. The standard InChI is InChI=1S/C25H22Cl2N2O3/c26-21-9-8-17(11-22(21)27)15-32-19-5-3-4-16(10-19)13-28-24(25(30)31)12-18-14-29-23-7-2-1-6-20(18)23/h1-11,14,24,28-29H,12-13,15H2,(H,30,31)/t24-/m1/s1. The topological polar surface area (TPSA) is 74.3 Å². The second-order valence-corrected chi connectivity index (χ2v) is 8.33. The molecule has 1 heterocycles. The minimum Gasteiger partial charge on any atom is -0.489 e. The third-order valence-electron chi connectivity index (χ3n) is 5.24. The molecule has 0 aliphatic rings. The monoisotopic (exact) mass is 468 g/mol. The van der Waals surface area contributed by atoms with Gasteiger partial charge in [0.15, 0.2) is 0 Å². The lowest BCUT2D eigenvalue weighted by Gasteiger charge is -2.15. The number of fused-ring (bicyclic) bond motifs is 1. The number of ether oxygens (including phenoxy) is 1. The minimum atomic E-state index is -0.887. The van der Waals surface area contributed by atoms with Crippen LogP contribution in [0.25, 0.3) is 10.9 Å². The number of hydrogen-bond acceptors (Lipinski definition) is 3. The van der Waals surface area contributed by atoms with Crippen LogP contribution < -0.4 is 10.1 Å². The summed E-state index contributed by atoms with van der Waals surface area (Å²) in [5.74, 6) is -0.193. The Labute approximate surface area is 195 Å². The summed E-state index contributed by atoms with van der Waals surface area (Å²) < 4.78 is 5.87. The number of para-hydroxylation sites is 1. The number of aromatic amines is 1. The van der Waals surface area contributed by atoms with Crippen molar-refractivity contribution in [2.45, 2.75) is 25.6 Å². The summed E-state index contributed by atoms with van der Waals surface area (Å²) >= 11 is 12.0. The zero-order valence-electron chi connectivity index (χ0n) is 17.1. The van der Waals surface area contributed by atoms with E-state index in [2.05, 4.69) is 10.3 Å². The Balaban J connectivity index is 1.38. The Morgan fingerprint density at radius 2 is 1.84 bits per heavy atom. The highest BCUT2D eigenvalue weighted by molar-refractivity contribution is 6.42. The van der Waals surface area contributed by atoms with E-state index in [1.807, 2.05) is 60.8 Å². The molecule has 4 rings (SSSR count). The van der Waals surface area contributed by atoms with Crippen molar-refractivity contribution in [1.82, 2.24) is 10.3 Å². The summed E-state index contributed by atoms with van der Waals surface area (Å²) in [5, 5.41) is 14.9. The van der Waals surface area contributed by atoms with Crippen LogP contribution in [0, 0.1) is 0 Å². The molecular weight excluding hydrogens is 447 g/mol. The quantitative estimate of drug-likeness (QED) is 0.288. The van der Waals surface area contributed by atoms with E-state index in [4.69, 9.17) is 27.9 Å². The average Bonchev–Trinajstić information content (AvgIpc) is 3.20. The number of H-pyrrole nitrogens is 1. The van der Waals surface area contributed by atoms with Gasteiger partial charge in [0, 0.05) is 30.1 Å². The van der Waals surface area contributed by atoms with Gasteiger partial charge in [0.05, 0.1) is 10.0 Å². The highest BCUT2D eigenvalue weighted by Crippen LogP contribution is 2.24. The van der Waals surface area contributed by atoms with Gasteiger partial charge in [-0.3, -0.25) is 4.79 Å². The van der Waals surface area contributed by atoms with Crippen molar-refractivity contribution in [2.24, 2.45) is 0 Å². The maximum absolute atomic E-state index is 11.8. The van der Waals surface area contributed by atoms with Gasteiger partial charge in [0.2, 0.25) is 0 Å². The first-order valence-electron chi connectivity index (χ1n) is 10.2. The number of rotatable bonds is 9. The van der Waals surface area contributed by atoms with E-state index in [0.29, 0.717) is 35.4 Å². The molecule has 1 atom stereocenters. The molecule has 7 heteroatoms. The lowest BCUT2D eigenvalue weighted by atomic mass is 10.0. The lowest BCUT2D eigenvalue weighted by Crippen LogP contribution is -2.38. The molecule has 5 nitrogen and oxygen atoms in total. The van der Waals surface area contributed by atoms with Crippen LogP contribution in [0.1, 0.15) is 16.7 Å². The molecule has 0 saturated heterocycles. The van der Waals surface area contributed by atoms with Crippen LogP contribution in [0.4, 0.5) is 0 Å². The van der Waals surface area contributed by atoms with E-state index in [1.165, 1.54) is 0 Å². The SMILES string of the molecule is O=C(O)[C@@H](Cc1c[nH]c2ccccc12)NCc1cccc(OCc2ccc(Cl)c(Cl)c2)c1. The maximum Gasteiger partial charge on any atom is 0.321 e. The van der Waals surface area contributed by atoms with Crippen molar-refractivity contribution in [3.8, 4) is 5.75 Å². The van der Waals surface area contributed by atoms with Gasteiger partial charge < -0.3 is 20.1 Å². The molecule has 0 fully saturated rings. The fourth-order valence-electron chi connectivity index (χ4n) is 3.55. The molecule has 3 aromatic carbocycles. The Hall–Kier alpha value is -2.99. The third kappa shape index (κ3) is 5.43. The molecule has 0 amide bonds. The Kier molecular flexibility index (Phi) is 7.00. The number of aliphatic carboxylic acids is 1. The number of halogens is 2. The Bertz CT molecular complexity index is 1240. The molecule has 0 spiro atoms. The lowest BCUT2D eigenvalue weighted by molar-refractivity contribution is -0.139. The predicted molar refractivity (Wildman–Crippen MR) is 128 cm³/mol. The van der Waals surface area contributed by atoms with Gasteiger partial charge in [-0.25, -0.2) is 0 Å². The van der Waals surface area contributed by atoms with Crippen molar-refractivity contribution < 1.29 is 14.6 Å². The molecule has 0 unspecified atom stereocenters. The first kappa shape index (κ1) is 22.2. The zero-order chi connectivity index (χ0) is 22.5. The number of carboxylic acids is 1. The van der Waals surface area contributed by atoms with Gasteiger partial charge in [0.25, 0.3) is 0 Å². The normalized spacial score (nSPS) is 12.1. The zero-order valence-corrected chi connectivity index (χ0v) is 18.7. The molecule has 0 aliphatic heterocycles. The maximum atomic E-state index is 11.8. The van der Waals surface area contributed by atoms with E-state index < -0.39 is 12.0 Å². The van der Waals surface area contributed by atoms with Gasteiger partial charge >= 0.3 is 5.97 Å². The van der Waals surface area contributed by atoms with E-state index in [1.54, 1.807) is 12.1 Å². The van der Waals surface area contributed by atoms with Crippen molar-refractivity contribution in [3.05, 3.63) is 99.7 Å². The van der Waals surface area contributed by atoms with Crippen LogP contribution in [-0.2, 0) is 24.4 Å². The summed E-state index contributed by atoms with van der Waals surface area (Å²) in [4.78, 5) is 15.0. The van der Waals surface area contributed by atoms with Crippen LogP contribution in [0.3, 0.4) is 0 Å². The Morgan fingerprint density at radius 3 is 2.66 bits per heavy atom. The van der Waals surface area contributed by atoms with Crippen LogP contribution in [0.15, 0.2) is 72.9 Å². The molecule has 0 aliphatic carbocycles. The summed E-state index contributed by atoms with van der Waals surface area (Å²) in [6, 6.07) is 20.1. The smallest absolute Gasteiger partial charge is 0.321 e. The molecule has 164 valence electrons. The average molecular weight is 469 g/mol. The van der Waals surface area contributed by atoms with E-state index in [-0.39, 0.29) is 0 Å². The highest BCUT2D eigenvalue weighted by atomic mass is 35.5. The molecule has 1 aromatic heterocycles. The molecule has 0 radical (unpaired) electrons. The van der Waals surface area contributed by atoms with Gasteiger partial charge in [-0.05, 0) is 47.0 Å². The number of nitrogens with one attached hydrogen (secondary N) is 2. The van der Waals surface area contributed by atoms with Crippen LogP contribution >= 0.6 is 23.2 Å². The van der Waals surface area contributed by atoms with Crippen molar-refractivity contribution >= 4 is 40.1 Å². The summed E-state index contributed by atoms with van der Waals surface area (Å²) in [6.45, 7) is 0.759. The summed E-state index contributed by atoms with van der Waals surface area (Å²) in [7, 11) is 0. The molecule has 0 bridgehead atoms. The number of carboxylic acid groups (broad SMARTS) is 1. The van der Waals surface area contributed by atoms with E-state index >= 15 is 0 Å². The summed E-state index contributed by atoms with van der Waals surface area (Å²) in [5.41, 5.74) is 3.81. The number of carbonyl (C=O) groups is 1. The fraction of sp³-hybridized carbons (Fsp3) is 0.160. The Morgan fingerprint density at radius 1 is 1.00 bits per heavy atom. The number of benzene rings is 3. The third-order valence-corrected chi connectivity index (χ3v) is 5.98. The highest BCUT2D eigenvalue weighted by Gasteiger charge is 2.19. The van der Waals surface area contributed by atoms with E-state index in [9.17, 15) is 9.90 Å². The summed E-state index contributed by atoms with van der Waals surface area (Å²) in [6.07, 6.45) is 2.26. The molecule has 3 N–H and O–H groups in total. The van der Waals surface area contributed by atoms with E-state index in [0.717, 1.165) is 27.6 Å². The van der Waals surface area contributed by atoms with Crippen molar-refractivity contribution in [1.29, 1.82) is 0 Å².